The first-order chi connectivity index (χ1) is 13.1. The van der Waals surface area contributed by atoms with Gasteiger partial charge in [0.1, 0.15) is 31.2 Å². The van der Waals surface area contributed by atoms with Gasteiger partial charge in [0.25, 0.3) is 5.91 Å². The van der Waals surface area contributed by atoms with Crippen LogP contribution in [0, 0.1) is 5.82 Å². The number of amides is 1. The van der Waals surface area contributed by atoms with E-state index in [4.69, 9.17) is 9.57 Å². The zero-order chi connectivity index (χ0) is 19.2. The van der Waals surface area contributed by atoms with Gasteiger partial charge in [-0.15, -0.1) is 0 Å². The van der Waals surface area contributed by atoms with E-state index >= 15 is 0 Å². The number of aromatic nitrogens is 2. The van der Waals surface area contributed by atoms with E-state index in [-0.39, 0.29) is 24.5 Å². The van der Waals surface area contributed by atoms with Crippen LogP contribution >= 0.6 is 15.9 Å². The fraction of sp³-hybridized carbons (Fsp3) is 0.111. The Hall–Kier alpha value is -2.91. The fourth-order valence-electron chi connectivity index (χ4n) is 2.37. The van der Waals surface area contributed by atoms with Gasteiger partial charge in [-0.1, -0.05) is 22.5 Å². The van der Waals surface area contributed by atoms with E-state index in [2.05, 4.69) is 38.3 Å². The van der Waals surface area contributed by atoms with E-state index in [0.717, 1.165) is 5.52 Å². The second-order valence-electron chi connectivity index (χ2n) is 5.35. The molecule has 0 radical (unpaired) electrons. The molecule has 3 rings (SSSR count). The highest BCUT2D eigenvalue weighted by Gasteiger charge is 2.17. The van der Waals surface area contributed by atoms with Crippen molar-refractivity contribution in [3.63, 3.8) is 0 Å². The molecule has 0 fully saturated rings. The smallest absolute Gasteiger partial charge is 0.278 e. The molecule has 9 heteroatoms. The molecule has 1 amide bonds. The molecule has 0 aliphatic carbocycles. The van der Waals surface area contributed by atoms with Gasteiger partial charge in [0, 0.05) is 4.47 Å². The van der Waals surface area contributed by atoms with Gasteiger partial charge in [0.2, 0.25) is 0 Å². The molecule has 7 nitrogen and oxygen atoms in total. The first kappa shape index (κ1) is 18.9. The topological polar surface area (TPSA) is 76.9 Å². The molecule has 2 N–H and O–H groups in total. The molecule has 3 aromatic rings. The maximum atomic E-state index is 14.3. The minimum absolute atomic E-state index is 0.148. The Balaban J connectivity index is 1.87. The van der Waals surface area contributed by atoms with Crippen molar-refractivity contribution in [3.8, 4) is 0 Å². The first-order valence-corrected chi connectivity index (χ1v) is 8.71. The van der Waals surface area contributed by atoms with Crippen molar-refractivity contribution in [2.75, 3.05) is 18.5 Å². The number of carbonyl (C=O) groups is 1. The second-order valence-corrected chi connectivity index (χ2v) is 6.27. The average Bonchev–Trinajstić information content (AvgIpc) is 3.13. The molecular formula is C18H16BrFN4O3. The van der Waals surface area contributed by atoms with Gasteiger partial charge in [0.05, 0.1) is 29.2 Å². The largest absolute Gasteiger partial charge is 0.499 e. The van der Waals surface area contributed by atoms with Gasteiger partial charge in [-0.3, -0.25) is 14.0 Å². The number of carbonyl (C=O) groups excluding carboxylic acids is 1. The van der Waals surface area contributed by atoms with Gasteiger partial charge >= 0.3 is 0 Å². The lowest BCUT2D eigenvalue weighted by atomic mass is 10.2. The number of pyridine rings is 1. The lowest BCUT2D eigenvalue weighted by molar-refractivity contribution is 0.0145. The quantitative estimate of drug-likeness (QED) is 0.320. The molecule has 0 bridgehead atoms. The van der Waals surface area contributed by atoms with Crippen LogP contribution in [0.25, 0.3) is 5.52 Å². The lowest BCUT2D eigenvalue weighted by Crippen LogP contribution is -2.26. The minimum atomic E-state index is -0.496. The summed E-state index contributed by atoms with van der Waals surface area (Å²) >= 11 is 3.22. The molecule has 0 saturated heterocycles. The number of anilines is 2. The van der Waals surface area contributed by atoms with Gasteiger partial charge in [-0.25, -0.2) is 14.9 Å². The highest BCUT2D eigenvalue weighted by atomic mass is 79.9. The molecule has 2 aromatic heterocycles. The van der Waals surface area contributed by atoms with Crippen LogP contribution < -0.4 is 10.8 Å². The number of nitrogens with zero attached hydrogens (tertiary/aromatic N) is 2. The molecule has 0 aliphatic heterocycles. The average molecular weight is 435 g/mol. The molecule has 0 saturated carbocycles. The monoisotopic (exact) mass is 434 g/mol. The fourth-order valence-corrected chi connectivity index (χ4v) is 2.70. The Morgan fingerprint density at radius 2 is 2.19 bits per heavy atom. The van der Waals surface area contributed by atoms with E-state index in [9.17, 15) is 9.18 Å². The summed E-state index contributed by atoms with van der Waals surface area (Å²) in [6.07, 6.45) is 4.45. The summed E-state index contributed by atoms with van der Waals surface area (Å²) in [5.74, 6) is -0.607. The Labute approximate surface area is 162 Å². The van der Waals surface area contributed by atoms with Gasteiger partial charge in [-0.05, 0) is 30.3 Å². The molecule has 1 aromatic carbocycles. The third-order valence-electron chi connectivity index (χ3n) is 3.60. The summed E-state index contributed by atoms with van der Waals surface area (Å²) in [6.45, 7) is 3.81. The van der Waals surface area contributed by atoms with E-state index < -0.39 is 11.7 Å². The summed E-state index contributed by atoms with van der Waals surface area (Å²) in [4.78, 5) is 21.7. The zero-order valence-electron chi connectivity index (χ0n) is 14.1. The molecule has 0 aliphatic rings. The summed E-state index contributed by atoms with van der Waals surface area (Å²) in [5.41, 5.74) is 3.55. The molecule has 140 valence electrons. The van der Waals surface area contributed by atoms with E-state index in [1.807, 2.05) is 0 Å². The highest BCUT2D eigenvalue weighted by molar-refractivity contribution is 9.10. The highest BCUT2D eigenvalue weighted by Crippen LogP contribution is 2.26. The number of ether oxygens (including phenoxy) is 1. The molecule has 0 unspecified atom stereocenters. The van der Waals surface area contributed by atoms with Crippen molar-refractivity contribution in [3.05, 3.63) is 71.6 Å². The number of rotatable bonds is 8. The third kappa shape index (κ3) is 4.44. The predicted octanol–water partition coefficient (Wildman–Crippen LogP) is 3.80. The summed E-state index contributed by atoms with van der Waals surface area (Å²) in [7, 11) is 0. The zero-order valence-corrected chi connectivity index (χ0v) is 15.7. The minimum Gasteiger partial charge on any atom is -0.499 e. The number of hydrogen-bond donors (Lipinski definition) is 2. The summed E-state index contributed by atoms with van der Waals surface area (Å²) in [5, 5.41) is 2.96. The molecule has 27 heavy (non-hydrogen) atoms. The van der Waals surface area contributed by atoms with Gasteiger partial charge < -0.3 is 10.1 Å². The Kier molecular flexibility index (Phi) is 6.05. The first-order valence-electron chi connectivity index (χ1n) is 7.92. The standard InChI is InChI=1S/C18H16BrFN4O3/c1-2-26-7-8-27-23-18(25)14-5-4-13-10-21-11-24(13)17(14)22-16-6-3-12(19)9-15(16)20/h2-6,9-11,22H,1,7-8H2,(H,23,25). The number of benzene rings is 1. The van der Waals surface area contributed by atoms with E-state index in [0.29, 0.717) is 10.3 Å². The summed E-state index contributed by atoms with van der Waals surface area (Å²) in [6, 6.07) is 7.93. The molecule has 0 spiro atoms. The van der Waals surface area contributed by atoms with Crippen LogP contribution in [-0.2, 0) is 9.57 Å². The number of imidazole rings is 1. The molecule has 0 atom stereocenters. The van der Waals surface area contributed by atoms with Crippen LogP contribution in [0.3, 0.4) is 0 Å². The van der Waals surface area contributed by atoms with Crippen molar-refractivity contribution >= 4 is 38.9 Å². The number of halogens is 2. The Morgan fingerprint density at radius 3 is 2.96 bits per heavy atom. The van der Waals surface area contributed by atoms with Crippen LogP contribution in [0.5, 0.6) is 0 Å². The normalized spacial score (nSPS) is 10.6. The molecule has 2 heterocycles. The van der Waals surface area contributed by atoms with Crippen molar-refractivity contribution in [1.29, 1.82) is 0 Å². The van der Waals surface area contributed by atoms with Crippen LogP contribution in [-0.4, -0.2) is 28.5 Å². The van der Waals surface area contributed by atoms with Crippen LogP contribution in [0.1, 0.15) is 10.4 Å². The predicted molar refractivity (Wildman–Crippen MR) is 102 cm³/mol. The Morgan fingerprint density at radius 1 is 1.33 bits per heavy atom. The lowest BCUT2D eigenvalue weighted by Gasteiger charge is -2.15. The number of hydrogen-bond acceptors (Lipinski definition) is 5. The third-order valence-corrected chi connectivity index (χ3v) is 4.09. The maximum absolute atomic E-state index is 14.3. The van der Waals surface area contributed by atoms with E-state index in [1.54, 1.807) is 34.9 Å². The van der Waals surface area contributed by atoms with Crippen LogP contribution in [0.4, 0.5) is 15.9 Å². The molecular weight excluding hydrogens is 419 g/mol. The van der Waals surface area contributed by atoms with Crippen LogP contribution in [0.15, 0.2) is 60.2 Å². The van der Waals surface area contributed by atoms with Crippen molar-refractivity contribution in [2.45, 2.75) is 0 Å². The number of fused-ring (bicyclic) bond motifs is 1. The van der Waals surface area contributed by atoms with Gasteiger partial charge in [-0.2, -0.15) is 0 Å². The van der Waals surface area contributed by atoms with E-state index in [1.165, 1.54) is 18.7 Å². The SMILES string of the molecule is C=COCCONC(=O)c1ccc2cncn2c1Nc1ccc(Br)cc1F. The van der Waals surface area contributed by atoms with Gasteiger partial charge in [0.15, 0.2) is 0 Å². The Bertz CT molecular complexity index is 976. The number of nitrogens with one attached hydrogen (secondary N) is 2. The maximum Gasteiger partial charge on any atom is 0.278 e. The van der Waals surface area contributed by atoms with Crippen molar-refractivity contribution < 1.29 is 18.8 Å². The van der Waals surface area contributed by atoms with Crippen LogP contribution in [0.2, 0.25) is 0 Å². The number of hydroxylamine groups is 1. The van der Waals surface area contributed by atoms with Crippen molar-refractivity contribution in [1.82, 2.24) is 14.9 Å². The summed E-state index contributed by atoms with van der Waals surface area (Å²) < 4.78 is 21.4. The second kappa shape index (κ2) is 8.65. The van der Waals surface area contributed by atoms with Crippen molar-refractivity contribution in [2.24, 2.45) is 0 Å².